The zero-order valence-corrected chi connectivity index (χ0v) is 18.0. The molecule has 0 aromatic heterocycles. The highest BCUT2D eigenvalue weighted by atomic mass is 16.5. The van der Waals surface area contributed by atoms with Crippen LogP contribution in [0.25, 0.3) is 0 Å². The number of nitrogens with two attached hydrogens (primary N) is 1. The third kappa shape index (κ3) is 5.68. The second-order valence-electron chi connectivity index (χ2n) is 7.78. The molecule has 7 heteroatoms. The van der Waals surface area contributed by atoms with Gasteiger partial charge in [0, 0.05) is 28.8 Å². The van der Waals surface area contributed by atoms with Crippen LogP contribution in [0.15, 0.2) is 42.5 Å². The molecule has 0 fully saturated rings. The highest BCUT2D eigenvalue weighted by Gasteiger charge is 2.30. The van der Waals surface area contributed by atoms with Crippen molar-refractivity contribution in [3.63, 3.8) is 0 Å². The normalized spacial score (nSPS) is 12.2. The number of rotatable bonds is 11. The van der Waals surface area contributed by atoms with Gasteiger partial charge in [-0.2, -0.15) is 0 Å². The van der Waals surface area contributed by atoms with Gasteiger partial charge in [-0.1, -0.05) is 49.9 Å². The van der Waals surface area contributed by atoms with Gasteiger partial charge in [-0.3, -0.25) is 14.4 Å². The summed E-state index contributed by atoms with van der Waals surface area (Å²) < 4.78 is 5.34. The Morgan fingerprint density at radius 2 is 1.38 bits per heavy atom. The van der Waals surface area contributed by atoms with Gasteiger partial charge in [0.1, 0.15) is 0 Å². The third-order valence-electron chi connectivity index (χ3n) is 5.47. The molecule has 2 aromatic rings. The minimum atomic E-state index is -0.498. The number of unbranched alkanes of at least 4 members (excludes halogenated alkanes) is 5. The topological polar surface area (TPSA) is 116 Å². The van der Waals surface area contributed by atoms with Crippen molar-refractivity contribution in [2.45, 2.75) is 38.5 Å². The third-order valence-corrected chi connectivity index (χ3v) is 5.47. The smallest absolute Gasteiger partial charge is 0.338 e. The Morgan fingerprint density at radius 1 is 0.781 bits per heavy atom. The first-order valence-electron chi connectivity index (χ1n) is 11.0. The molecule has 3 rings (SSSR count). The van der Waals surface area contributed by atoms with Crippen molar-refractivity contribution < 1.29 is 23.9 Å². The maximum Gasteiger partial charge on any atom is 0.338 e. The average molecular weight is 437 g/mol. The summed E-state index contributed by atoms with van der Waals surface area (Å²) in [5, 5.41) is 2.74. The standard InChI is InChI=1S/C25H28N2O5/c26-16-22(28)27-13-7-3-1-2-4-8-14-32-25(31)17-11-12-20-21(15-17)24(30)19-10-6-5-9-18(19)23(20)29/h5-6,9-12,15H,1-4,7-8,13-14,16,26H2,(H,27,28). The van der Waals surface area contributed by atoms with Crippen LogP contribution in [0.4, 0.5) is 0 Å². The van der Waals surface area contributed by atoms with Gasteiger partial charge >= 0.3 is 5.97 Å². The van der Waals surface area contributed by atoms with Crippen molar-refractivity contribution in [3.05, 3.63) is 70.3 Å². The van der Waals surface area contributed by atoms with Crippen LogP contribution in [-0.2, 0) is 9.53 Å². The summed E-state index contributed by atoms with van der Waals surface area (Å²) in [5.74, 6) is -1.10. The lowest BCUT2D eigenvalue weighted by Gasteiger charge is -2.17. The van der Waals surface area contributed by atoms with Gasteiger partial charge < -0.3 is 15.8 Å². The highest BCUT2D eigenvalue weighted by Crippen LogP contribution is 2.28. The fourth-order valence-corrected chi connectivity index (χ4v) is 3.71. The van der Waals surface area contributed by atoms with Crippen LogP contribution in [0, 0.1) is 0 Å². The number of ketones is 2. The Labute approximate surface area is 187 Å². The second kappa shape index (κ2) is 11.3. The number of amides is 1. The molecule has 7 nitrogen and oxygen atoms in total. The predicted octanol–water partition coefficient (Wildman–Crippen LogP) is 3.03. The van der Waals surface area contributed by atoms with Gasteiger partial charge in [0.15, 0.2) is 11.6 Å². The van der Waals surface area contributed by atoms with Gasteiger partial charge in [-0.05, 0) is 31.0 Å². The molecular weight excluding hydrogens is 408 g/mol. The number of hydrogen-bond acceptors (Lipinski definition) is 6. The second-order valence-corrected chi connectivity index (χ2v) is 7.78. The van der Waals surface area contributed by atoms with Gasteiger partial charge in [0.25, 0.3) is 0 Å². The summed E-state index contributed by atoms with van der Waals surface area (Å²) in [6.07, 6.45) is 5.72. The van der Waals surface area contributed by atoms with Crippen LogP contribution >= 0.6 is 0 Å². The van der Waals surface area contributed by atoms with Crippen molar-refractivity contribution in [3.8, 4) is 0 Å². The van der Waals surface area contributed by atoms with Crippen molar-refractivity contribution in [1.29, 1.82) is 0 Å². The fourth-order valence-electron chi connectivity index (χ4n) is 3.71. The van der Waals surface area contributed by atoms with Crippen LogP contribution < -0.4 is 11.1 Å². The van der Waals surface area contributed by atoms with E-state index in [0.29, 0.717) is 29.8 Å². The van der Waals surface area contributed by atoms with Crippen LogP contribution in [0.2, 0.25) is 0 Å². The molecule has 0 unspecified atom stereocenters. The zero-order valence-electron chi connectivity index (χ0n) is 18.0. The van der Waals surface area contributed by atoms with E-state index in [0.717, 1.165) is 38.5 Å². The Kier molecular flexibility index (Phi) is 8.27. The largest absolute Gasteiger partial charge is 0.462 e. The molecular formula is C25H28N2O5. The van der Waals surface area contributed by atoms with Crippen LogP contribution in [0.1, 0.15) is 80.7 Å². The van der Waals surface area contributed by atoms with E-state index in [-0.39, 0.29) is 35.1 Å². The molecule has 1 aliphatic carbocycles. The number of esters is 1. The molecule has 0 spiro atoms. The lowest BCUT2D eigenvalue weighted by Crippen LogP contribution is -2.30. The molecule has 0 saturated carbocycles. The van der Waals surface area contributed by atoms with E-state index in [9.17, 15) is 19.2 Å². The number of benzene rings is 2. The van der Waals surface area contributed by atoms with Gasteiger partial charge in [-0.15, -0.1) is 0 Å². The predicted molar refractivity (Wildman–Crippen MR) is 120 cm³/mol. The van der Waals surface area contributed by atoms with Crippen LogP contribution in [-0.4, -0.2) is 43.1 Å². The van der Waals surface area contributed by atoms with Gasteiger partial charge in [-0.25, -0.2) is 4.79 Å². The summed E-state index contributed by atoms with van der Waals surface area (Å²) in [6.45, 7) is 0.971. The first kappa shape index (κ1) is 23.3. The minimum Gasteiger partial charge on any atom is -0.462 e. The molecule has 2 aromatic carbocycles. The first-order chi connectivity index (χ1) is 15.5. The van der Waals surface area contributed by atoms with Crippen molar-refractivity contribution in [2.24, 2.45) is 5.73 Å². The Hall–Kier alpha value is -3.32. The van der Waals surface area contributed by atoms with Gasteiger partial charge in [0.2, 0.25) is 5.91 Å². The number of fused-ring (bicyclic) bond motifs is 2. The maximum atomic E-state index is 12.8. The molecule has 3 N–H and O–H groups in total. The van der Waals surface area contributed by atoms with Crippen molar-refractivity contribution >= 4 is 23.4 Å². The van der Waals surface area contributed by atoms with Crippen LogP contribution in [0.5, 0.6) is 0 Å². The average Bonchev–Trinajstić information content (AvgIpc) is 2.83. The summed E-state index contributed by atoms with van der Waals surface area (Å²) in [5.41, 5.74) is 6.79. The maximum absolute atomic E-state index is 12.8. The number of carbonyl (C=O) groups is 4. The number of nitrogens with one attached hydrogen (secondary N) is 1. The molecule has 0 heterocycles. The molecule has 0 radical (unpaired) electrons. The SMILES string of the molecule is NCC(=O)NCCCCCCCCOC(=O)c1ccc2c(c1)C(=O)c1ccccc1C2=O. The summed E-state index contributed by atoms with van der Waals surface area (Å²) >= 11 is 0. The lowest BCUT2D eigenvalue weighted by molar-refractivity contribution is -0.119. The Balaban J connectivity index is 1.41. The molecule has 0 atom stereocenters. The Morgan fingerprint density at radius 3 is 2.06 bits per heavy atom. The zero-order chi connectivity index (χ0) is 22.9. The first-order valence-corrected chi connectivity index (χ1v) is 11.0. The fraction of sp³-hybridized carbons (Fsp3) is 0.360. The van der Waals surface area contributed by atoms with E-state index >= 15 is 0 Å². The van der Waals surface area contributed by atoms with Crippen molar-refractivity contribution in [2.75, 3.05) is 19.7 Å². The van der Waals surface area contributed by atoms with Crippen LogP contribution in [0.3, 0.4) is 0 Å². The summed E-state index contributed by atoms with van der Waals surface area (Å²) in [6, 6.07) is 11.2. The van der Waals surface area contributed by atoms with E-state index in [1.807, 2.05) is 0 Å². The summed E-state index contributed by atoms with van der Waals surface area (Å²) in [7, 11) is 0. The molecule has 32 heavy (non-hydrogen) atoms. The van der Waals surface area contributed by atoms with E-state index in [1.165, 1.54) is 18.2 Å². The van der Waals surface area contributed by atoms with E-state index < -0.39 is 5.97 Å². The van der Waals surface area contributed by atoms with Gasteiger partial charge in [0.05, 0.1) is 18.7 Å². The minimum absolute atomic E-state index is 0.0204. The summed E-state index contributed by atoms with van der Waals surface area (Å²) in [4.78, 5) is 48.8. The van der Waals surface area contributed by atoms with E-state index in [4.69, 9.17) is 10.5 Å². The molecule has 1 amide bonds. The van der Waals surface area contributed by atoms with Crippen molar-refractivity contribution in [1.82, 2.24) is 5.32 Å². The number of hydrogen-bond donors (Lipinski definition) is 2. The molecule has 0 aliphatic heterocycles. The monoisotopic (exact) mass is 436 g/mol. The van der Waals surface area contributed by atoms with E-state index in [2.05, 4.69) is 5.32 Å². The number of ether oxygens (including phenoxy) is 1. The number of carbonyl (C=O) groups excluding carboxylic acids is 4. The van der Waals surface area contributed by atoms with E-state index in [1.54, 1.807) is 24.3 Å². The molecule has 168 valence electrons. The highest BCUT2D eigenvalue weighted by molar-refractivity contribution is 6.28. The quantitative estimate of drug-likeness (QED) is 0.353. The lowest BCUT2D eigenvalue weighted by atomic mass is 9.83. The molecule has 0 bridgehead atoms. The molecule has 1 aliphatic rings. The Bertz CT molecular complexity index is 1020. The molecule has 0 saturated heterocycles.